The Labute approximate surface area is 143 Å². The maximum Gasteiger partial charge on any atom is 0.417 e. The smallest absolute Gasteiger partial charge is 0.333 e. The molecule has 0 radical (unpaired) electrons. The number of hydrogen-bond acceptors (Lipinski definition) is 2. The van der Waals surface area contributed by atoms with Crippen molar-refractivity contribution in [2.75, 3.05) is 0 Å². The number of fused-ring (bicyclic) bond motifs is 2. The normalized spacial score (nSPS) is 35.2. The van der Waals surface area contributed by atoms with Gasteiger partial charge >= 0.3 is 12.2 Å². The molecule has 3 atom stereocenters. The number of dihydropyridines is 1. The van der Waals surface area contributed by atoms with Crippen LogP contribution in [0.3, 0.4) is 0 Å². The van der Waals surface area contributed by atoms with Crippen LogP contribution >= 0.6 is 0 Å². The molecule has 0 aromatic carbocycles. The second-order valence-electron chi connectivity index (χ2n) is 7.77. The molecule has 1 heterocycles. The fourth-order valence-corrected chi connectivity index (χ4v) is 4.39. The van der Waals surface area contributed by atoms with Gasteiger partial charge in [-0.25, -0.2) is 9.79 Å². The first-order valence-electron chi connectivity index (χ1n) is 8.21. The van der Waals surface area contributed by atoms with Crippen molar-refractivity contribution in [1.29, 1.82) is 0 Å². The van der Waals surface area contributed by atoms with Gasteiger partial charge in [0.15, 0.2) is 0 Å². The molecule has 2 saturated carbocycles. The van der Waals surface area contributed by atoms with Gasteiger partial charge in [0.1, 0.15) is 5.71 Å². The SMILES string of the molecule is CC1(C)C2CCC1(C)C(NC(=O)/N=C1/C=C(C(F)(F)F)C=NC1=O)C2. The first kappa shape index (κ1) is 17.8. The van der Waals surface area contributed by atoms with E-state index in [0.717, 1.165) is 19.3 Å². The number of halogens is 3. The van der Waals surface area contributed by atoms with Gasteiger partial charge in [-0.3, -0.25) is 4.79 Å². The summed E-state index contributed by atoms with van der Waals surface area (Å²) in [5.41, 5.74) is -1.71. The lowest BCUT2D eigenvalue weighted by atomic mass is 9.69. The molecule has 0 aromatic rings. The Kier molecular flexibility index (Phi) is 3.92. The minimum atomic E-state index is -4.65. The molecule has 5 nitrogen and oxygen atoms in total. The lowest BCUT2D eigenvalue weighted by molar-refractivity contribution is -0.111. The van der Waals surface area contributed by atoms with Crippen LogP contribution in [0.1, 0.15) is 40.0 Å². The molecule has 3 rings (SSSR count). The topological polar surface area (TPSA) is 70.9 Å². The van der Waals surface area contributed by atoms with Crippen LogP contribution in [-0.4, -0.2) is 36.1 Å². The summed E-state index contributed by atoms with van der Waals surface area (Å²) < 4.78 is 38.2. The molecule has 2 fully saturated rings. The molecule has 1 aliphatic heterocycles. The minimum absolute atomic E-state index is 0.0758. The second kappa shape index (κ2) is 5.51. The van der Waals surface area contributed by atoms with Crippen molar-refractivity contribution < 1.29 is 22.8 Å². The van der Waals surface area contributed by atoms with E-state index in [1.807, 2.05) is 0 Å². The van der Waals surface area contributed by atoms with E-state index >= 15 is 0 Å². The van der Waals surface area contributed by atoms with Gasteiger partial charge in [0, 0.05) is 12.3 Å². The molecule has 3 aliphatic rings. The average Bonchev–Trinajstić information content (AvgIpc) is 2.81. The summed E-state index contributed by atoms with van der Waals surface area (Å²) >= 11 is 0. The summed E-state index contributed by atoms with van der Waals surface area (Å²) in [4.78, 5) is 30.5. The summed E-state index contributed by atoms with van der Waals surface area (Å²) in [6, 6.07) is -0.904. The van der Waals surface area contributed by atoms with E-state index in [0.29, 0.717) is 18.2 Å². The number of aliphatic imine (C=N–C) groups is 2. The van der Waals surface area contributed by atoms with Gasteiger partial charge in [-0.15, -0.1) is 0 Å². The number of nitrogens with zero attached hydrogens (tertiary/aromatic N) is 2. The fourth-order valence-electron chi connectivity index (χ4n) is 4.39. The summed E-state index contributed by atoms with van der Waals surface area (Å²) in [5.74, 6) is -0.462. The molecule has 1 N–H and O–H groups in total. The van der Waals surface area contributed by atoms with E-state index in [1.165, 1.54) is 0 Å². The molecular formula is C17H20F3N3O2. The lowest BCUT2D eigenvalue weighted by Crippen LogP contribution is -2.46. The third kappa shape index (κ3) is 2.81. The Bertz CT molecular complexity index is 721. The third-order valence-corrected chi connectivity index (χ3v) is 6.47. The summed E-state index contributed by atoms with van der Waals surface area (Å²) in [5, 5.41) is 2.79. The van der Waals surface area contributed by atoms with E-state index in [-0.39, 0.29) is 16.9 Å². The predicted molar refractivity (Wildman–Crippen MR) is 86.6 cm³/mol. The number of rotatable bonds is 1. The first-order chi connectivity index (χ1) is 11.4. The Morgan fingerprint density at radius 1 is 1.36 bits per heavy atom. The van der Waals surface area contributed by atoms with Crippen LogP contribution in [0.2, 0.25) is 0 Å². The zero-order valence-corrected chi connectivity index (χ0v) is 14.3. The van der Waals surface area contributed by atoms with Crippen LogP contribution in [0.15, 0.2) is 21.6 Å². The molecule has 0 spiro atoms. The Morgan fingerprint density at radius 3 is 2.56 bits per heavy atom. The van der Waals surface area contributed by atoms with Gasteiger partial charge in [-0.2, -0.15) is 18.2 Å². The first-order valence-corrected chi connectivity index (χ1v) is 8.21. The Morgan fingerprint density at radius 2 is 2.04 bits per heavy atom. The zero-order valence-electron chi connectivity index (χ0n) is 14.3. The number of carbonyl (C=O) groups excluding carboxylic acids is 2. The molecular weight excluding hydrogens is 335 g/mol. The molecule has 136 valence electrons. The van der Waals surface area contributed by atoms with Crippen LogP contribution in [0.25, 0.3) is 0 Å². The average molecular weight is 355 g/mol. The van der Waals surface area contributed by atoms with Crippen LogP contribution in [0.4, 0.5) is 18.0 Å². The Balaban J connectivity index is 1.77. The van der Waals surface area contributed by atoms with Gasteiger partial charge < -0.3 is 5.32 Å². The highest BCUT2D eigenvalue weighted by Crippen LogP contribution is 2.65. The van der Waals surface area contributed by atoms with Crippen LogP contribution < -0.4 is 5.32 Å². The molecule has 2 bridgehead atoms. The lowest BCUT2D eigenvalue weighted by Gasteiger charge is -2.39. The standard InChI is InChI=1S/C17H20F3N3O2/c1-15(2)9-4-5-16(15,3)12(7-9)23-14(25)22-11-6-10(17(18,19)20)8-21-13(11)24/h6,8-9,12H,4-5,7H2,1-3H3,(H,23,25)/b22-11-. The highest BCUT2D eigenvalue weighted by molar-refractivity contribution is 6.48. The monoisotopic (exact) mass is 355 g/mol. The van der Waals surface area contributed by atoms with Crippen LogP contribution in [-0.2, 0) is 4.79 Å². The summed E-state index contributed by atoms with van der Waals surface area (Å²) in [6.45, 7) is 6.48. The van der Waals surface area contributed by atoms with Crippen molar-refractivity contribution >= 4 is 23.9 Å². The van der Waals surface area contributed by atoms with Crippen molar-refractivity contribution in [2.45, 2.75) is 52.3 Å². The maximum absolute atomic E-state index is 12.7. The van der Waals surface area contributed by atoms with Crippen molar-refractivity contribution in [3.63, 3.8) is 0 Å². The Hall–Kier alpha value is -1.99. The minimum Gasteiger partial charge on any atom is -0.333 e. The number of allylic oxidation sites excluding steroid dienone is 1. The van der Waals surface area contributed by atoms with E-state index in [2.05, 4.69) is 36.1 Å². The largest absolute Gasteiger partial charge is 0.417 e. The molecule has 3 amide bonds. The number of carbonyl (C=O) groups is 2. The maximum atomic E-state index is 12.7. The quantitative estimate of drug-likeness (QED) is 0.782. The van der Waals surface area contributed by atoms with E-state index in [1.54, 1.807) is 0 Å². The van der Waals surface area contributed by atoms with E-state index < -0.39 is 29.4 Å². The third-order valence-electron chi connectivity index (χ3n) is 6.47. The number of nitrogens with one attached hydrogen (secondary N) is 1. The number of urea groups is 1. The van der Waals surface area contributed by atoms with E-state index in [4.69, 9.17) is 0 Å². The zero-order chi connectivity index (χ0) is 18.6. The van der Waals surface area contributed by atoms with Crippen LogP contribution in [0, 0.1) is 16.7 Å². The highest BCUT2D eigenvalue weighted by Gasteiger charge is 2.61. The van der Waals surface area contributed by atoms with Gasteiger partial charge in [0.25, 0.3) is 5.91 Å². The predicted octanol–water partition coefficient (Wildman–Crippen LogP) is 3.45. The fraction of sp³-hybridized carbons (Fsp3) is 0.647. The molecule has 3 unspecified atom stereocenters. The molecule has 0 aromatic heterocycles. The van der Waals surface area contributed by atoms with Crippen molar-refractivity contribution in [3.8, 4) is 0 Å². The van der Waals surface area contributed by atoms with Gasteiger partial charge in [0.05, 0.1) is 5.57 Å². The molecule has 0 saturated heterocycles. The highest BCUT2D eigenvalue weighted by atomic mass is 19.4. The van der Waals surface area contributed by atoms with E-state index in [9.17, 15) is 22.8 Å². The molecule has 25 heavy (non-hydrogen) atoms. The molecule has 8 heteroatoms. The van der Waals surface area contributed by atoms with Gasteiger partial charge in [-0.05, 0) is 42.1 Å². The van der Waals surface area contributed by atoms with Crippen molar-refractivity contribution in [3.05, 3.63) is 11.6 Å². The second-order valence-corrected chi connectivity index (χ2v) is 7.77. The summed E-state index contributed by atoms with van der Waals surface area (Å²) in [7, 11) is 0. The van der Waals surface area contributed by atoms with Gasteiger partial charge in [-0.1, -0.05) is 20.8 Å². The number of hydrogen-bond donors (Lipinski definition) is 1. The number of amides is 3. The summed E-state index contributed by atoms with van der Waals surface area (Å²) in [6.07, 6.45) is -0.748. The van der Waals surface area contributed by atoms with Crippen molar-refractivity contribution in [2.24, 2.45) is 26.7 Å². The number of alkyl halides is 3. The molecule has 2 aliphatic carbocycles. The van der Waals surface area contributed by atoms with Gasteiger partial charge in [0.2, 0.25) is 0 Å². The van der Waals surface area contributed by atoms with Crippen LogP contribution in [0.5, 0.6) is 0 Å². The van der Waals surface area contributed by atoms with Crippen molar-refractivity contribution in [1.82, 2.24) is 5.32 Å².